The van der Waals surface area contributed by atoms with Gasteiger partial charge in [0.2, 0.25) is 0 Å². The minimum Gasteiger partial charge on any atom is -0.355 e. The number of hydrogen-bond acceptors (Lipinski definition) is 4. The highest BCUT2D eigenvalue weighted by molar-refractivity contribution is 6.31. The van der Waals surface area contributed by atoms with Gasteiger partial charge < -0.3 is 14.1 Å². The monoisotopic (exact) mass is 1460 g/mol. The Morgan fingerprint density at radius 1 is 0.248 bits per heavy atom. The second-order valence-electron chi connectivity index (χ2n) is 29.3. The molecule has 5 heterocycles. The third-order valence-corrected chi connectivity index (χ3v) is 23.2. The maximum atomic E-state index is 6.13. The van der Waals surface area contributed by atoms with Gasteiger partial charge in [0, 0.05) is 111 Å². The molecule has 0 saturated heterocycles. The standard InChI is InChI=1S/C52H32N4.C31H21N.C22H13ClN2/c1-2-14-36(15-3-1)55-47-23-10-8-20-41(47)44-30-33(25-27-49(44)55)34-26-28-50-45(31-34)42-21-9-11-24-48(42)56(50)37-16-12-13-35(29-37)52-53-32-46-40-19-5-4-17-38(40)39-18-6-7-22-43(39)51(46)54-52;1-2-8-20(9-3-1)31-25-12-5-4-10-23(25)27-18-21(14-16-26(27)31)22-15-17-30-28(19-22)24-11-6-7-13-29(24)32-30;23-15-7-5-6-14(12-15)22-24-13-20-18-10-2-1-8-16(18)17-9-3-4-11-19(17)21(20)25-22/h1-32H;1-19,31-32H;1-13H. The molecular formula is C105H66ClN7. The van der Waals surface area contributed by atoms with Crippen molar-refractivity contribution in [3.63, 3.8) is 0 Å². The molecule has 0 spiro atoms. The van der Waals surface area contributed by atoms with Gasteiger partial charge in [-0.2, -0.15) is 0 Å². The Morgan fingerprint density at radius 3 is 1.25 bits per heavy atom. The van der Waals surface area contributed by atoms with Crippen LogP contribution in [0.15, 0.2) is 389 Å². The summed E-state index contributed by atoms with van der Waals surface area (Å²) in [6, 6.07) is 134. The summed E-state index contributed by atoms with van der Waals surface area (Å²) in [5.41, 5.74) is 25.0. The van der Waals surface area contributed by atoms with E-state index < -0.39 is 0 Å². The zero-order valence-corrected chi connectivity index (χ0v) is 61.8. The van der Waals surface area contributed by atoms with E-state index in [9.17, 15) is 0 Å². The molecule has 0 bridgehead atoms. The topological polar surface area (TPSA) is 77.2 Å². The van der Waals surface area contributed by atoms with Gasteiger partial charge in [0.1, 0.15) is 0 Å². The predicted molar refractivity (Wildman–Crippen MR) is 473 cm³/mol. The lowest BCUT2D eigenvalue weighted by Crippen LogP contribution is -1.98. The van der Waals surface area contributed by atoms with Crippen molar-refractivity contribution in [1.82, 2.24) is 34.1 Å². The van der Waals surface area contributed by atoms with Gasteiger partial charge in [-0.1, -0.05) is 291 Å². The van der Waals surface area contributed by atoms with Gasteiger partial charge in [-0.05, 0) is 179 Å². The summed E-state index contributed by atoms with van der Waals surface area (Å²) in [5, 5.41) is 19.8. The van der Waals surface area contributed by atoms with Gasteiger partial charge in [-0.15, -0.1) is 0 Å². The van der Waals surface area contributed by atoms with Crippen LogP contribution in [0.2, 0.25) is 5.02 Å². The second kappa shape index (κ2) is 26.9. The lowest BCUT2D eigenvalue weighted by molar-refractivity contribution is 1.02. The number of aromatic amines is 1. The summed E-state index contributed by atoms with van der Waals surface area (Å²) < 4.78 is 4.74. The third kappa shape index (κ3) is 11.0. The number of hydrogen-bond donors (Lipinski definition) is 1. The molecule has 8 heteroatoms. The van der Waals surface area contributed by atoms with Gasteiger partial charge in [-0.3, -0.25) is 0 Å². The molecule has 23 aromatic rings. The SMILES string of the molecule is Clc1cccc(-c2ncc3c4ccccc4c4ccccc4c3n2)c1.c1ccc(-n2c3ccccc3c3cc(-c4ccc5c(c4)c4ccccc4n5-c4cccc(-c5ncc6c7ccccc7c7ccccc7c6n5)c4)ccc32)cc1.c1ccc(C2c3ccccc3-c3cc(-c4ccc5[nH]c6ccccc6c5c4)ccc32)cc1. The lowest BCUT2D eigenvalue weighted by Gasteiger charge is -2.14. The van der Waals surface area contributed by atoms with Crippen molar-refractivity contribution in [2.75, 3.05) is 0 Å². The molecule has 18 aromatic carbocycles. The summed E-state index contributed by atoms with van der Waals surface area (Å²) in [6.07, 6.45) is 3.92. The van der Waals surface area contributed by atoms with E-state index in [0.717, 1.165) is 60.4 Å². The van der Waals surface area contributed by atoms with E-state index >= 15 is 0 Å². The van der Waals surface area contributed by atoms with Crippen LogP contribution < -0.4 is 0 Å². The molecule has 0 fully saturated rings. The summed E-state index contributed by atoms with van der Waals surface area (Å²) in [6.45, 7) is 0. The first kappa shape index (κ1) is 65.5. The van der Waals surface area contributed by atoms with Gasteiger partial charge in [0.05, 0.1) is 33.1 Å². The van der Waals surface area contributed by atoms with E-state index in [4.69, 9.17) is 26.6 Å². The number of nitrogens with zero attached hydrogens (tertiary/aromatic N) is 6. The minimum absolute atomic E-state index is 0.299. The molecule has 0 amide bonds. The fourth-order valence-electron chi connectivity index (χ4n) is 17.9. The normalized spacial score (nSPS) is 12.6. The number of rotatable bonds is 7. The fourth-order valence-corrected chi connectivity index (χ4v) is 18.1. The third-order valence-electron chi connectivity index (χ3n) is 23.0. The first-order valence-electron chi connectivity index (χ1n) is 38.4. The number of nitrogens with one attached hydrogen (secondary N) is 1. The Balaban J connectivity index is 0.000000115. The van der Waals surface area contributed by atoms with Crippen LogP contribution in [-0.4, -0.2) is 34.1 Å². The van der Waals surface area contributed by atoms with E-state index in [1.165, 1.54) is 142 Å². The van der Waals surface area contributed by atoms with Gasteiger partial charge >= 0.3 is 0 Å². The van der Waals surface area contributed by atoms with Crippen LogP contribution in [0.25, 0.3) is 198 Å². The number of H-pyrrole nitrogens is 1. The quantitative estimate of drug-likeness (QED) is 0.161. The minimum atomic E-state index is 0.299. The fraction of sp³-hybridized carbons (Fsp3) is 0.00952. The lowest BCUT2D eigenvalue weighted by atomic mass is 9.89. The molecular weight excluding hydrogens is 1390 g/mol. The van der Waals surface area contributed by atoms with Crippen molar-refractivity contribution in [1.29, 1.82) is 0 Å². The molecule has 1 unspecified atom stereocenters. The molecule has 7 nitrogen and oxygen atoms in total. The summed E-state index contributed by atoms with van der Waals surface area (Å²) in [5.74, 6) is 1.70. The van der Waals surface area contributed by atoms with Crippen LogP contribution in [0.1, 0.15) is 22.6 Å². The van der Waals surface area contributed by atoms with Gasteiger partial charge in [0.15, 0.2) is 11.6 Å². The van der Waals surface area contributed by atoms with Crippen LogP contribution in [0.3, 0.4) is 0 Å². The number of aromatic nitrogens is 7. The Bertz CT molecular complexity index is 7720. The molecule has 0 aliphatic heterocycles. The summed E-state index contributed by atoms with van der Waals surface area (Å²) >= 11 is 6.13. The number of halogens is 1. The Morgan fingerprint density at radius 2 is 0.655 bits per heavy atom. The molecule has 1 aliphatic carbocycles. The Hall–Kier alpha value is -14.6. The number of fused-ring (bicyclic) bond motifs is 24. The van der Waals surface area contributed by atoms with E-state index in [-0.39, 0.29) is 0 Å². The predicted octanol–water partition coefficient (Wildman–Crippen LogP) is 27.9. The van der Waals surface area contributed by atoms with Gasteiger partial charge in [0.25, 0.3) is 0 Å². The first-order valence-corrected chi connectivity index (χ1v) is 38.7. The molecule has 0 radical (unpaired) electrons. The van der Waals surface area contributed by atoms with E-state index in [1.807, 2.05) is 36.7 Å². The van der Waals surface area contributed by atoms with Crippen LogP contribution in [0.4, 0.5) is 0 Å². The molecule has 1 aliphatic rings. The van der Waals surface area contributed by atoms with E-state index in [2.05, 4.69) is 371 Å². The first-order chi connectivity index (χ1) is 56.0. The number of benzene rings is 18. The van der Waals surface area contributed by atoms with Crippen LogP contribution in [0, 0.1) is 0 Å². The highest BCUT2D eigenvalue weighted by atomic mass is 35.5. The molecule has 528 valence electrons. The Labute approximate surface area is 655 Å². The smallest absolute Gasteiger partial charge is 0.159 e. The van der Waals surface area contributed by atoms with Crippen LogP contribution in [-0.2, 0) is 0 Å². The second-order valence-corrected chi connectivity index (χ2v) is 29.8. The average Bonchev–Trinajstić information content (AvgIpc) is 1.66. The largest absolute Gasteiger partial charge is 0.355 e. The number of para-hydroxylation sites is 4. The van der Waals surface area contributed by atoms with Crippen LogP contribution in [0.5, 0.6) is 0 Å². The van der Waals surface area contributed by atoms with E-state index in [1.54, 1.807) is 0 Å². The zero-order chi connectivity index (χ0) is 74.6. The van der Waals surface area contributed by atoms with Crippen molar-refractivity contribution < 1.29 is 0 Å². The maximum absolute atomic E-state index is 6.13. The van der Waals surface area contributed by atoms with Gasteiger partial charge in [-0.25, -0.2) is 19.9 Å². The highest BCUT2D eigenvalue weighted by Crippen LogP contribution is 2.50. The molecule has 1 N–H and O–H groups in total. The summed E-state index contributed by atoms with van der Waals surface area (Å²) in [4.78, 5) is 23.3. The van der Waals surface area contributed by atoms with Crippen molar-refractivity contribution in [2.24, 2.45) is 0 Å². The van der Waals surface area contributed by atoms with E-state index in [0.29, 0.717) is 22.6 Å². The molecule has 1 atom stereocenters. The molecule has 0 saturated carbocycles. The maximum Gasteiger partial charge on any atom is 0.159 e. The van der Waals surface area contributed by atoms with Crippen molar-refractivity contribution in [3.05, 3.63) is 410 Å². The zero-order valence-electron chi connectivity index (χ0n) is 61.1. The van der Waals surface area contributed by atoms with Crippen molar-refractivity contribution in [2.45, 2.75) is 5.92 Å². The Kier molecular flexibility index (Phi) is 15.6. The molecule has 24 rings (SSSR count). The molecule has 113 heavy (non-hydrogen) atoms. The van der Waals surface area contributed by atoms with Crippen molar-refractivity contribution >= 4 is 142 Å². The molecule has 5 aromatic heterocycles. The average molecular weight is 1460 g/mol. The summed E-state index contributed by atoms with van der Waals surface area (Å²) in [7, 11) is 0. The highest BCUT2D eigenvalue weighted by Gasteiger charge is 2.30. The van der Waals surface area contributed by atoms with Crippen LogP contribution >= 0.6 is 11.6 Å². The van der Waals surface area contributed by atoms with Crippen molar-refractivity contribution in [3.8, 4) is 67.5 Å².